The summed E-state index contributed by atoms with van der Waals surface area (Å²) in [6, 6.07) is 12.4. The Labute approximate surface area is 180 Å². The first kappa shape index (κ1) is 21.3. The fourth-order valence-corrected chi connectivity index (χ4v) is 3.54. The molecule has 0 aliphatic carbocycles. The first-order valence-corrected chi connectivity index (χ1v) is 10.1. The molecule has 3 rings (SSSR count). The van der Waals surface area contributed by atoms with Crippen molar-refractivity contribution in [3.05, 3.63) is 63.6 Å². The van der Waals surface area contributed by atoms with E-state index in [-0.39, 0.29) is 11.9 Å². The summed E-state index contributed by atoms with van der Waals surface area (Å²) in [6.07, 6.45) is 0.331. The van der Waals surface area contributed by atoms with Crippen LogP contribution >= 0.6 is 23.2 Å². The van der Waals surface area contributed by atoms with E-state index in [0.29, 0.717) is 54.9 Å². The summed E-state index contributed by atoms with van der Waals surface area (Å²) in [7, 11) is 1.58. The van der Waals surface area contributed by atoms with E-state index in [9.17, 15) is 9.59 Å². The van der Waals surface area contributed by atoms with Crippen LogP contribution in [0.4, 0.5) is 4.79 Å². The summed E-state index contributed by atoms with van der Waals surface area (Å²) in [5, 5.41) is 4.13. The van der Waals surface area contributed by atoms with E-state index < -0.39 is 0 Å². The minimum atomic E-state index is -0.170. The van der Waals surface area contributed by atoms with Gasteiger partial charge in [-0.15, -0.1) is 0 Å². The van der Waals surface area contributed by atoms with Crippen molar-refractivity contribution in [2.24, 2.45) is 0 Å². The zero-order chi connectivity index (χ0) is 20.8. The van der Waals surface area contributed by atoms with Crippen molar-refractivity contribution >= 4 is 35.1 Å². The molecule has 1 aliphatic rings. The largest absolute Gasteiger partial charge is 0.496 e. The van der Waals surface area contributed by atoms with Crippen LogP contribution in [0.5, 0.6) is 5.75 Å². The van der Waals surface area contributed by atoms with Gasteiger partial charge >= 0.3 is 6.03 Å². The molecule has 0 atom stereocenters. The van der Waals surface area contributed by atoms with Crippen LogP contribution in [0.15, 0.2) is 42.5 Å². The van der Waals surface area contributed by atoms with Gasteiger partial charge in [-0.2, -0.15) is 0 Å². The first-order valence-electron chi connectivity index (χ1n) is 9.33. The van der Waals surface area contributed by atoms with E-state index in [4.69, 9.17) is 27.9 Å². The third kappa shape index (κ3) is 5.78. The second-order valence-corrected chi connectivity index (χ2v) is 7.66. The Morgan fingerprint density at radius 3 is 2.24 bits per heavy atom. The van der Waals surface area contributed by atoms with Crippen LogP contribution in [0.25, 0.3) is 0 Å². The topological polar surface area (TPSA) is 61.9 Å². The van der Waals surface area contributed by atoms with Crippen molar-refractivity contribution in [3.63, 3.8) is 0 Å². The molecule has 1 N–H and O–H groups in total. The molecule has 1 heterocycles. The number of amides is 3. The van der Waals surface area contributed by atoms with Crippen molar-refractivity contribution in [1.29, 1.82) is 0 Å². The molecule has 2 aromatic rings. The highest BCUT2D eigenvalue weighted by atomic mass is 35.5. The first-order chi connectivity index (χ1) is 14.0. The maximum absolute atomic E-state index is 12.5. The lowest BCUT2D eigenvalue weighted by molar-refractivity contribution is -0.131. The van der Waals surface area contributed by atoms with Crippen molar-refractivity contribution in [2.45, 2.75) is 13.0 Å². The van der Waals surface area contributed by atoms with Gasteiger partial charge in [-0.3, -0.25) is 4.79 Å². The lowest BCUT2D eigenvalue weighted by atomic mass is 10.1. The average molecular weight is 436 g/mol. The predicted molar refractivity (Wildman–Crippen MR) is 114 cm³/mol. The van der Waals surface area contributed by atoms with Gasteiger partial charge in [0.25, 0.3) is 0 Å². The van der Waals surface area contributed by atoms with E-state index in [0.717, 1.165) is 11.1 Å². The zero-order valence-electron chi connectivity index (χ0n) is 16.2. The highest BCUT2D eigenvalue weighted by Gasteiger charge is 2.24. The monoisotopic (exact) mass is 435 g/mol. The molecule has 154 valence electrons. The number of ether oxygens (including phenoxy) is 1. The zero-order valence-corrected chi connectivity index (χ0v) is 17.7. The van der Waals surface area contributed by atoms with E-state index in [1.807, 2.05) is 12.1 Å². The summed E-state index contributed by atoms with van der Waals surface area (Å²) in [5.41, 5.74) is 1.74. The molecule has 6 nitrogen and oxygen atoms in total. The fraction of sp³-hybridized carbons (Fsp3) is 0.333. The lowest BCUT2D eigenvalue weighted by Crippen LogP contribution is -2.53. The number of piperazine rings is 1. The second-order valence-electron chi connectivity index (χ2n) is 6.79. The van der Waals surface area contributed by atoms with Gasteiger partial charge in [0.1, 0.15) is 5.75 Å². The molecule has 0 bridgehead atoms. The third-order valence-electron chi connectivity index (χ3n) is 4.86. The van der Waals surface area contributed by atoms with Gasteiger partial charge in [-0.1, -0.05) is 35.3 Å². The Balaban J connectivity index is 1.47. The molecular weight excluding hydrogens is 413 g/mol. The molecule has 1 saturated heterocycles. The highest BCUT2D eigenvalue weighted by molar-refractivity contribution is 6.30. The number of benzene rings is 2. The Morgan fingerprint density at radius 2 is 1.59 bits per heavy atom. The maximum atomic E-state index is 12.5. The molecule has 1 aliphatic heterocycles. The van der Waals surface area contributed by atoms with Gasteiger partial charge in [-0.05, 0) is 35.9 Å². The van der Waals surface area contributed by atoms with Crippen LogP contribution in [0.3, 0.4) is 0 Å². The number of methoxy groups -OCH3 is 1. The number of nitrogens with one attached hydrogen (secondary N) is 1. The maximum Gasteiger partial charge on any atom is 0.317 e. The number of hydrogen-bond acceptors (Lipinski definition) is 3. The predicted octanol–water partition coefficient (Wildman–Crippen LogP) is 3.60. The summed E-state index contributed by atoms with van der Waals surface area (Å²) in [6.45, 7) is 2.33. The van der Waals surface area contributed by atoms with Crippen LogP contribution in [-0.2, 0) is 17.8 Å². The minimum absolute atomic E-state index is 0.0519. The van der Waals surface area contributed by atoms with Crippen LogP contribution in [-0.4, -0.2) is 55.0 Å². The molecule has 3 amide bonds. The van der Waals surface area contributed by atoms with Gasteiger partial charge in [0.15, 0.2) is 0 Å². The summed E-state index contributed by atoms with van der Waals surface area (Å²) >= 11 is 11.9. The summed E-state index contributed by atoms with van der Waals surface area (Å²) in [4.78, 5) is 28.5. The number of nitrogens with zero attached hydrogens (tertiary/aromatic N) is 2. The molecule has 0 saturated carbocycles. The van der Waals surface area contributed by atoms with Crippen molar-refractivity contribution < 1.29 is 14.3 Å². The van der Waals surface area contributed by atoms with Crippen molar-refractivity contribution in [3.8, 4) is 5.75 Å². The molecule has 8 heteroatoms. The highest BCUT2D eigenvalue weighted by Crippen LogP contribution is 2.22. The van der Waals surface area contributed by atoms with Crippen LogP contribution < -0.4 is 10.1 Å². The number of rotatable bonds is 5. The van der Waals surface area contributed by atoms with Gasteiger partial charge in [-0.25, -0.2) is 4.79 Å². The quantitative estimate of drug-likeness (QED) is 0.779. The molecule has 0 spiro atoms. The van der Waals surface area contributed by atoms with Gasteiger partial charge < -0.3 is 19.9 Å². The van der Waals surface area contributed by atoms with Crippen molar-refractivity contribution in [1.82, 2.24) is 15.1 Å². The second kappa shape index (κ2) is 9.85. The normalized spacial score (nSPS) is 13.9. The Bertz CT molecular complexity index is 866. The molecule has 0 aromatic heterocycles. The molecular formula is C21H23Cl2N3O3. The molecule has 0 radical (unpaired) electrons. The standard InChI is InChI=1S/C21H23Cl2N3O3/c1-29-19-7-6-18(23)13-16(19)14-24-21(28)26-10-8-25(9-11-26)20(27)12-15-2-4-17(22)5-3-15/h2-7,13H,8-12,14H2,1H3,(H,24,28). The number of hydrogen-bond donors (Lipinski definition) is 1. The van der Waals surface area contributed by atoms with Crippen molar-refractivity contribution in [2.75, 3.05) is 33.3 Å². The van der Waals surface area contributed by atoms with Crippen LogP contribution in [0, 0.1) is 0 Å². The van der Waals surface area contributed by atoms with E-state index >= 15 is 0 Å². The Morgan fingerprint density at radius 1 is 0.966 bits per heavy atom. The summed E-state index contributed by atoms with van der Waals surface area (Å²) < 4.78 is 5.30. The summed E-state index contributed by atoms with van der Waals surface area (Å²) in [5.74, 6) is 0.725. The van der Waals surface area contributed by atoms with Crippen LogP contribution in [0.2, 0.25) is 10.0 Å². The Hall–Kier alpha value is -2.44. The fourth-order valence-electron chi connectivity index (χ4n) is 3.22. The van der Waals surface area contributed by atoms with Gasteiger partial charge in [0.2, 0.25) is 5.91 Å². The number of carbonyl (C=O) groups excluding carboxylic acids is 2. The molecule has 0 unspecified atom stereocenters. The van der Waals surface area contributed by atoms with Gasteiger partial charge in [0, 0.05) is 48.3 Å². The Kier molecular flexibility index (Phi) is 7.23. The average Bonchev–Trinajstić information content (AvgIpc) is 2.74. The smallest absolute Gasteiger partial charge is 0.317 e. The number of halogens is 2. The lowest BCUT2D eigenvalue weighted by Gasteiger charge is -2.34. The minimum Gasteiger partial charge on any atom is -0.496 e. The third-order valence-corrected chi connectivity index (χ3v) is 5.35. The van der Waals surface area contributed by atoms with E-state index in [1.54, 1.807) is 47.2 Å². The molecule has 1 fully saturated rings. The van der Waals surface area contributed by atoms with Crippen LogP contribution in [0.1, 0.15) is 11.1 Å². The van der Waals surface area contributed by atoms with Gasteiger partial charge in [0.05, 0.1) is 13.5 Å². The number of urea groups is 1. The number of carbonyl (C=O) groups is 2. The molecule has 29 heavy (non-hydrogen) atoms. The SMILES string of the molecule is COc1ccc(Cl)cc1CNC(=O)N1CCN(C(=O)Cc2ccc(Cl)cc2)CC1. The van der Waals surface area contributed by atoms with E-state index in [1.165, 1.54) is 0 Å². The van der Waals surface area contributed by atoms with E-state index in [2.05, 4.69) is 5.32 Å². The molecule has 2 aromatic carbocycles.